The molecule has 0 aliphatic carbocycles. The van der Waals surface area contributed by atoms with Gasteiger partial charge in [-0.3, -0.25) is 14.6 Å². The number of amidine groups is 1. The number of hydrogen-bond acceptors (Lipinski definition) is 5. The number of benzene rings is 2. The van der Waals surface area contributed by atoms with Crippen molar-refractivity contribution in [3.8, 4) is 0 Å². The maximum Gasteiger partial charge on any atom is 0.265 e. The zero-order valence-electron chi connectivity index (χ0n) is 17.2. The van der Waals surface area contributed by atoms with Gasteiger partial charge in [0.1, 0.15) is 5.84 Å². The maximum absolute atomic E-state index is 13.0. The van der Waals surface area contributed by atoms with Crippen molar-refractivity contribution in [1.29, 1.82) is 0 Å². The van der Waals surface area contributed by atoms with Crippen LogP contribution in [0.15, 0.2) is 59.6 Å². The molecule has 0 radical (unpaired) electrons. The Morgan fingerprint density at radius 2 is 1.94 bits per heavy atom. The Bertz CT molecular complexity index is 1220. The predicted molar refractivity (Wildman–Crippen MR) is 128 cm³/mol. The number of carbonyl (C=O) groups excluding carboxylic acids is 2. The lowest BCUT2D eigenvalue weighted by atomic mass is 10.1. The Kier molecular flexibility index (Phi) is 5.68. The second-order valence-electron chi connectivity index (χ2n) is 7.80. The number of anilines is 1. The van der Waals surface area contributed by atoms with Gasteiger partial charge in [-0.25, -0.2) is 0 Å². The molecule has 32 heavy (non-hydrogen) atoms. The molecule has 8 heteroatoms. The van der Waals surface area contributed by atoms with E-state index in [1.165, 1.54) is 16.9 Å². The molecule has 5 rings (SSSR count). The molecular weight excluding hydrogens is 444 g/mol. The Hall–Kier alpha value is -3.16. The van der Waals surface area contributed by atoms with Gasteiger partial charge in [0.15, 0.2) is 0 Å². The van der Waals surface area contributed by atoms with E-state index in [1.54, 1.807) is 23.1 Å². The third-order valence-corrected chi connectivity index (χ3v) is 6.83. The predicted octanol–water partition coefficient (Wildman–Crippen LogP) is 4.35. The highest BCUT2D eigenvalue weighted by atomic mass is 35.5. The van der Waals surface area contributed by atoms with Crippen LogP contribution >= 0.6 is 22.9 Å². The molecular formula is C24H21ClN4O2S. The number of rotatable bonds is 6. The van der Waals surface area contributed by atoms with Crippen LogP contribution in [-0.4, -0.2) is 35.6 Å². The van der Waals surface area contributed by atoms with Crippen LogP contribution in [0.5, 0.6) is 0 Å². The topological polar surface area (TPSA) is 73.8 Å². The van der Waals surface area contributed by atoms with Gasteiger partial charge in [-0.2, -0.15) is 0 Å². The standard InChI is InChI=1S/C24H21ClN4O2S/c25-21-9-8-20(32-21)23(30)28-19-3-1-2-17-18(19)14-29(24(17)31)13-16-6-4-15(5-7-16)12-22-26-10-11-27-22/h1-9H,10-14H2,(H,26,27)(H,28,30). The first-order chi connectivity index (χ1) is 15.6. The number of aliphatic imine (C=N–C) groups is 1. The van der Waals surface area contributed by atoms with E-state index in [0.717, 1.165) is 36.5 Å². The quantitative estimate of drug-likeness (QED) is 0.569. The van der Waals surface area contributed by atoms with Gasteiger partial charge in [0, 0.05) is 42.9 Å². The first kappa shape index (κ1) is 20.7. The van der Waals surface area contributed by atoms with E-state index in [4.69, 9.17) is 11.6 Å². The fourth-order valence-corrected chi connectivity index (χ4v) is 4.94. The van der Waals surface area contributed by atoms with E-state index < -0.39 is 0 Å². The van der Waals surface area contributed by atoms with E-state index in [1.807, 2.05) is 12.1 Å². The first-order valence-corrected chi connectivity index (χ1v) is 11.6. The molecule has 0 saturated carbocycles. The highest BCUT2D eigenvalue weighted by molar-refractivity contribution is 7.18. The van der Waals surface area contributed by atoms with Crippen LogP contribution in [0.3, 0.4) is 0 Å². The second-order valence-corrected chi connectivity index (χ2v) is 9.51. The van der Waals surface area contributed by atoms with Crippen LogP contribution in [0.2, 0.25) is 4.34 Å². The second kappa shape index (κ2) is 8.76. The average Bonchev–Trinajstić information content (AvgIpc) is 3.52. The molecule has 0 fully saturated rings. The summed E-state index contributed by atoms with van der Waals surface area (Å²) >= 11 is 7.17. The first-order valence-electron chi connectivity index (χ1n) is 10.4. The summed E-state index contributed by atoms with van der Waals surface area (Å²) in [6.45, 7) is 2.72. The van der Waals surface area contributed by atoms with Gasteiger partial charge in [0.25, 0.3) is 11.8 Å². The summed E-state index contributed by atoms with van der Waals surface area (Å²) in [7, 11) is 0. The van der Waals surface area contributed by atoms with E-state index in [0.29, 0.717) is 33.6 Å². The number of hydrogen-bond donors (Lipinski definition) is 2. The normalized spacial score (nSPS) is 14.8. The van der Waals surface area contributed by atoms with Gasteiger partial charge in [-0.1, -0.05) is 41.9 Å². The average molecular weight is 465 g/mol. The van der Waals surface area contributed by atoms with Crippen LogP contribution in [-0.2, 0) is 19.5 Å². The minimum absolute atomic E-state index is 0.0242. The number of amides is 2. The highest BCUT2D eigenvalue weighted by Crippen LogP contribution is 2.31. The number of halogens is 1. The fourth-order valence-electron chi connectivity index (χ4n) is 4.00. The summed E-state index contributed by atoms with van der Waals surface area (Å²) in [6, 6.07) is 17.1. The molecule has 2 N–H and O–H groups in total. The number of fused-ring (bicyclic) bond motifs is 1. The summed E-state index contributed by atoms with van der Waals surface area (Å²) in [6.07, 6.45) is 0.798. The molecule has 0 spiro atoms. The lowest BCUT2D eigenvalue weighted by Crippen LogP contribution is -2.23. The maximum atomic E-state index is 13.0. The molecule has 2 aliphatic heterocycles. The SMILES string of the molecule is O=C(Nc1cccc2c1CN(Cc1ccc(CC3=NCCN3)cc1)C2=O)c1ccc(Cl)s1. The van der Waals surface area contributed by atoms with E-state index >= 15 is 0 Å². The van der Waals surface area contributed by atoms with Crippen molar-refractivity contribution in [2.75, 3.05) is 18.4 Å². The Balaban J connectivity index is 1.28. The largest absolute Gasteiger partial charge is 0.372 e. The summed E-state index contributed by atoms with van der Waals surface area (Å²) in [4.78, 5) is 32.3. The Labute approximate surface area is 194 Å². The summed E-state index contributed by atoms with van der Waals surface area (Å²) in [5.41, 5.74) is 4.39. The van der Waals surface area contributed by atoms with Crippen LogP contribution in [0.4, 0.5) is 5.69 Å². The van der Waals surface area contributed by atoms with Crippen LogP contribution in [0, 0.1) is 0 Å². The molecule has 1 aromatic heterocycles. The summed E-state index contributed by atoms with van der Waals surface area (Å²) < 4.78 is 0.563. The van der Waals surface area contributed by atoms with E-state index in [2.05, 4.69) is 39.9 Å². The van der Waals surface area contributed by atoms with Crippen LogP contribution in [0.1, 0.15) is 36.7 Å². The van der Waals surface area contributed by atoms with Gasteiger partial charge in [0.2, 0.25) is 0 Å². The molecule has 0 bridgehead atoms. The van der Waals surface area contributed by atoms with Crippen molar-refractivity contribution in [2.24, 2.45) is 4.99 Å². The zero-order chi connectivity index (χ0) is 22.1. The Morgan fingerprint density at radius 1 is 1.12 bits per heavy atom. The van der Waals surface area contributed by atoms with E-state index in [-0.39, 0.29) is 11.8 Å². The lowest BCUT2D eigenvalue weighted by Gasteiger charge is -2.16. The monoisotopic (exact) mass is 464 g/mol. The van der Waals surface area contributed by atoms with Crippen molar-refractivity contribution in [1.82, 2.24) is 10.2 Å². The third-order valence-electron chi connectivity index (χ3n) is 5.60. The summed E-state index contributed by atoms with van der Waals surface area (Å²) in [5.74, 6) is 0.782. The molecule has 3 heterocycles. The Morgan fingerprint density at radius 3 is 2.66 bits per heavy atom. The number of carbonyl (C=O) groups is 2. The number of thiophene rings is 1. The van der Waals surface area contributed by atoms with Crippen molar-refractivity contribution >= 4 is 46.3 Å². The van der Waals surface area contributed by atoms with Crippen LogP contribution < -0.4 is 10.6 Å². The van der Waals surface area contributed by atoms with Gasteiger partial charge in [-0.15, -0.1) is 11.3 Å². The van der Waals surface area contributed by atoms with Crippen molar-refractivity contribution in [2.45, 2.75) is 19.5 Å². The highest BCUT2D eigenvalue weighted by Gasteiger charge is 2.29. The molecule has 6 nitrogen and oxygen atoms in total. The number of nitrogens with one attached hydrogen (secondary N) is 2. The van der Waals surface area contributed by atoms with Crippen molar-refractivity contribution < 1.29 is 9.59 Å². The molecule has 2 amide bonds. The minimum atomic E-state index is -0.224. The lowest BCUT2D eigenvalue weighted by molar-refractivity contribution is 0.0766. The van der Waals surface area contributed by atoms with E-state index in [9.17, 15) is 9.59 Å². The van der Waals surface area contributed by atoms with Crippen molar-refractivity contribution in [3.05, 3.63) is 86.1 Å². The molecule has 2 aromatic carbocycles. The molecule has 2 aliphatic rings. The van der Waals surface area contributed by atoms with Gasteiger partial charge >= 0.3 is 0 Å². The minimum Gasteiger partial charge on any atom is -0.372 e. The smallest absolute Gasteiger partial charge is 0.265 e. The molecule has 0 atom stereocenters. The van der Waals surface area contributed by atoms with Gasteiger partial charge in [0.05, 0.1) is 15.8 Å². The zero-order valence-corrected chi connectivity index (χ0v) is 18.8. The van der Waals surface area contributed by atoms with Crippen LogP contribution in [0.25, 0.3) is 0 Å². The van der Waals surface area contributed by atoms with Crippen molar-refractivity contribution in [3.63, 3.8) is 0 Å². The third kappa shape index (κ3) is 4.26. The van der Waals surface area contributed by atoms with Gasteiger partial charge in [-0.05, 0) is 35.4 Å². The van der Waals surface area contributed by atoms with Gasteiger partial charge < -0.3 is 15.5 Å². The number of nitrogens with zero attached hydrogens (tertiary/aromatic N) is 2. The summed E-state index contributed by atoms with van der Waals surface area (Å²) in [5, 5.41) is 6.22. The molecule has 0 saturated heterocycles. The molecule has 3 aromatic rings. The molecule has 0 unspecified atom stereocenters. The molecule has 162 valence electrons. The fraction of sp³-hybridized carbons (Fsp3) is 0.208.